The Kier molecular flexibility index (Phi) is 3.85. The number of rotatable bonds is 2. The largest absolute Gasteiger partial charge is 0.417 e. The number of alkyl halides is 3. The highest BCUT2D eigenvalue weighted by atomic mass is 31.2. The number of aromatic nitrogens is 1. The average Bonchev–Trinajstić information content (AvgIpc) is 2.36. The van der Waals surface area contributed by atoms with E-state index in [2.05, 4.69) is 4.98 Å². The minimum absolute atomic E-state index is 0.0203. The van der Waals surface area contributed by atoms with Gasteiger partial charge in [0.15, 0.2) is 0 Å². The molecule has 0 radical (unpaired) electrons. The molecule has 0 unspecified atom stereocenters. The molecule has 1 aromatic heterocycles. The summed E-state index contributed by atoms with van der Waals surface area (Å²) in [7, 11) is -2.78. The number of pyridine rings is 1. The Bertz CT molecular complexity index is 722. The van der Waals surface area contributed by atoms with Crippen LogP contribution in [0.5, 0.6) is 0 Å². The van der Waals surface area contributed by atoms with Crippen LogP contribution in [-0.2, 0) is 10.7 Å². The summed E-state index contributed by atoms with van der Waals surface area (Å²) in [5.74, 6) is 0.0203. The van der Waals surface area contributed by atoms with Crippen molar-refractivity contribution in [3.8, 4) is 11.1 Å². The summed E-state index contributed by atoms with van der Waals surface area (Å²) in [5, 5.41) is 0.182. The highest BCUT2D eigenvalue weighted by Gasteiger charge is 2.35. The number of halogens is 3. The molecule has 2 aromatic rings. The topological polar surface area (TPSA) is 56.0 Å². The maximum Gasteiger partial charge on any atom is 0.417 e. The quantitative estimate of drug-likeness (QED) is 0.862. The van der Waals surface area contributed by atoms with Gasteiger partial charge in [-0.1, -0.05) is 12.1 Å². The third kappa shape index (κ3) is 3.27. The predicted molar refractivity (Wildman–Crippen MR) is 78.2 cm³/mol. The zero-order valence-electron chi connectivity index (χ0n) is 11.5. The lowest BCUT2D eigenvalue weighted by atomic mass is 10.00. The van der Waals surface area contributed by atoms with Crippen molar-refractivity contribution in [3.63, 3.8) is 0 Å². The van der Waals surface area contributed by atoms with E-state index in [0.29, 0.717) is 0 Å². The molecular weight excluding hydrogens is 300 g/mol. The molecule has 0 amide bonds. The van der Waals surface area contributed by atoms with Gasteiger partial charge in [0.1, 0.15) is 13.0 Å². The summed E-state index contributed by atoms with van der Waals surface area (Å²) < 4.78 is 51.9. The van der Waals surface area contributed by atoms with E-state index in [1.54, 1.807) is 0 Å². The first kappa shape index (κ1) is 15.6. The van der Waals surface area contributed by atoms with Crippen molar-refractivity contribution in [2.75, 3.05) is 19.1 Å². The van der Waals surface area contributed by atoms with Gasteiger partial charge in [0, 0.05) is 17.1 Å². The minimum atomic E-state index is -4.57. The molecular formula is C14H14F3N2OP. The Labute approximate surface area is 120 Å². The number of anilines is 1. The second-order valence-electron chi connectivity index (χ2n) is 5.01. The third-order valence-electron chi connectivity index (χ3n) is 3.06. The van der Waals surface area contributed by atoms with Crippen LogP contribution in [0.1, 0.15) is 5.56 Å². The molecule has 1 heterocycles. The van der Waals surface area contributed by atoms with Crippen LogP contribution in [0.25, 0.3) is 11.1 Å². The van der Waals surface area contributed by atoms with Gasteiger partial charge < -0.3 is 10.3 Å². The molecule has 0 bridgehead atoms. The molecule has 2 rings (SSSR count). The van der Waals surface area contributed by atoms with Gasteiger partial charge in [-0.25, -0.2) is 4.98 Å². The summed E-state index contributed by atoms with van der Waals surface area (Å²) in [6.45, 7) is 2.86. The number of hydrogen-bond donors (Lipinski definition) is 1. The van der Waals surface area contributed by atoms with Crippen LogP contribution in [0.4, 0.5) is 19.0 Å². The van der Waals surface area contributed by atoms with Crippen molar-refractivity contribution >= 4 is 18.3 Å². The van der Waals surface area contributed by atoms with Gasteiger partial charge in [-0.05, 0) is 37.1 Å². The van der Waals surface area contributed by atoms with Crippen molar-refractivity contribution in [1.82, 2.24) is 4.98 Å². The first-order chi connectivity index (χ1) is 9.60. The lowest BCUT2D eigenvalue weighted by Crippen LogP contribution is -2.13. The SMILES string of the molecule is CP(C)(=O)c1ccc(-c2cccnc2N)c(C(F)(F)F)c1. The molecule has 0 atom stereocenters. The van der Waals surface area contributed by atoms with E-state index in [1.807, 2.05) is 0 Å². The molecule has 0 aliphatic carbocycles. The maximum atomic E-state index is 13.3. The van der Waals surface area contributed by atoms with Crippen LogP contribution in [0.2, 0.25) is 0 Å². The fraction of sp³-hybridized carbons (Fsp3) is 0.214. The van der Waals surface area contributed by atoms with E-state index in [0.717, 1.165) is 6.07 Å². The molecule has 0 fully saturated rings. The molecule has 0 saturated heterocycles. The number of nitrogens with two attached hydrogens (primary N) is 1. The highest BCUT2D eigenvalue weighted by molar-refractivity contribution is 7.70. The van der Waals surface area contributed by atoms with Gasteiger partial charge in [0.05, 0.1) is 5.56 Å². The molecule has 21 heavy (non-hydrogen) atoms. The van der Waals surface area contributed by atoms with Crippen LogP contribution >= 0.6 is 7.14 Å². The Morgan fingerprint density at radius 2 is 1.81 bits per heavy atom. The van der Waals surface area contributed by atoms with Crippen molar-refractivity contribution in [2.45, 2.75) is 6.18 Å². The molecule has 0 aliphatic rings. The zero-order chi connectivity index (χ0) is 15.8. The van der Waals surface area contributed by atoms with Gasteiger partial charge in [0.25, 0.3) is 0 Å². The van der Waals surface area contributed by atoms with Gasteiger partial charge in [-0.3, -0.25) is 0 Å². The highest BCUT2D eigenvalue weighted by Crippen LogP contribution is 2.41. The van der Waals surface area contributed by atoms with E-state index in [1.165, 1.54) is 43.8 Å². The Balaban J connectivity index is 2.73. The first-order valence-corrected chi connectivity index (χ1v) is 8.68. The Morgan fingerprint density at radius 1 is 1.14 bits per heavy atom. The Hall–Kier alpha value is -1.81. The number of nitrogens with zero attached hydrogens (tertiary/aromatic N) is 1. The molecule has 3 nitrogen and oxygen atoms in total. The maximum absolute atomic E-state index is 13.3. The summed E-state index contributed by atoms with van der Waals surface area (Å²) >= 11 is 0. The third-order valence-corrected chi connectivity index (χ3v) is 4.58. The monoisotopic (exact) mass is 314 g/mol. The van der Waals surface area contributed by atoms with Gasteiger partial charge in [0.2, 0.25) is 0 Å². The van der Waals surface area contributed by atoms with Crippen molar-refractivity contribution in [2.24, 2.45) is 0 Å². The second-order valence-corrected chi connectivity index (χ2v) is 8.23. The predicted octanol–water partition coefficient (Wildman–Crippen LogP) is 3.60. The summed E-state index contributed by atoms with van der Waals surface area (Å²) in [4.78, 5) is 3.81. The summed E-state index contributed by atoms with van der Waals surface area (Å²) in [6.07, 6.45) is -3.16. The van der Waals surface area contributed by atoms with Crippen molar-refractivity contribution in [3.05, 3.63) is 42.1 Å². The van der Waals surface area contributed by atoms with Gasteiger partial charge in [-0.15, -0.1) is 0 Å². The van der Waals surface area contributed by atoms with Crippen molar-refractivity contribution < 1.29 is 17.7 Å². The first-order valence-electron chi connectivity index (χ1n) is 6.08. The molecule has 0 aliphatic heterocycles. The van der Waals surface area contributed by atoms with E-state index in [9.17, 15) is 17.7 Å². The van der Waals surface area contributed by atoms with Crippen LogP contribution in [0.3, 0.4) is 0 Å². The lowest BCUT2D eigenvalue weighted by Gasteiger charge is -2.17. The number of hydrogen-bond acceptors (Lipinski definition) is 3. The van der Waals surface area contributed by atoms with Crippen LogP contribution in [0, 0.1) is 0 Å². The molecule has 7 heteroatoms. The van der Waals surface area contributed by atoms with Crippen molar-refractivity contribution in [1.29, 1.82) is 0 Å². The summed E-state index contributed by atoms with van der Waals surface area (Å²) in [6, 6.07) is 6.67. The molecule has 0 spiro atoms. The number of benzene rings is 1. The van der Waals surface area contributed by atoms with Gasteiger partial charge in [-0.2, -0.15) is 13.2 Å². The van der Waals surface area contributed by atoms with E-state index in [-0.39, 0.29) is 22.2 Å². The zero-order valence-corrected chi connectivity index (χ0v) is 12.4. The standard InChI is InChI=1S/C14H14F3N2OP/c1-21(2,20)9-5-6-10(12(8-9)14(15,16)17)11-4-3-7-19-13(11)18/h3-8H,1-2H3,(H2,18,19). The number of nitrogen functional groups attached to an aromatic ring is 1. The van der Waals surface area contributed by atoms with Crippen LogP contribution < -0.4 is 11.0 Å². The average molecular weight is 314 g/mol. The van der Waals surface area contributed by atoms with Crippen LogP contribution in [-0.4, -0.2) is 18.3 Å². The smallest absolute Gasteiger partial charge is 0.383 e. The molecule has 1 aromatic carbocycles. The van der Waals surface area contributed by atoms with Crippen LogP contribution in [0.15, 0.2) is 36.5 Å². The normalized spacial score (nSPS) is 12.4. The van der Waals surface area contributed by atoms with E-state index in [4.69, 9.17) is 5.73 Å². The lowest BCUT2D eigenvalue weighted by molar-refractivity contribution is -0.137. The molecule has 2 N–H and O–H groups in total. The van der Waals surface area contributed by atoms with E-state index < -0.39 is 18.9 Å². The van der Waals surface area contributed by atoms with Gasteiger partial charge >= 0.3 is 6.18 Å². The molecule has 0 saturated carbocycles. The minimum Gasteiger partial charge on any atom is -0.383 e. The second kappa shape index (κ2) is 5.19. The molecule has 112 valence electrons. The summed E-state index contributed by atoms with van der Waals surface area (Å²) in [5.41, 5.74) is 4.94. The Morgan fingerprint density at radius 3 is 2.33 bits per heavy atom. The van der Waals surface area contributed by atoms with E-state index >= 15 is 0 Å². The fourth-order valence-corrected chi connectivity index (χ4v) is 2.86. The fourth-order valence-electron chi connectivity index (χ4n) is 1.98.